The van der Waals surface area contributed by atoms with E-state index in [4.69, 9.17) is 0 Å². The summed E-state index contributed by atoms with van der Waals surface area (Å²) in [6.07, 6.45) is 1.33. The molecule has 1 aromatic rings. The lowest BCUT2D eigenvalue weighted by Crippen LogP contribution is -2.33. The number of hydrogen-bond acceptors (Lipinski definition) is 4. The van der Waals surface area contributed by atoms with Crippen molar-refractivity contribution in [2.24, 2.45) is 5.92 Å². The summed E-state index contributed by atoms with van der Waals surface area (Å²) in [6, 6.07) is 5.62. The normalized spacial score (nSPS) is 18.3. The standard InChI is InChI=1S/C15H18FN3O4S/c1-17-24(22,23)7-3-6-18-15(21)11-8-14(20)19(10-11)13-5-2-4-12(16)9-13/h2-5,7,9,11,17H,6,8,10H2,1H3,(H,18,21)/b7-3+. The molecule has 0 aliphatic carbocycles. The summed E-state index contributed by atoms with van der Waals surface area (Å²) in [6.45, 7) is 0.192. The topological polar surface area (TPSA) is 95.6 Å². The van der Waals surface area contributed by atoms with Crippen molar-refractivity contribution < 1.29 is 22.4 Å². The number of nitrogens with zero attached hydrogens (tertiary/aromatic N) is 1. The summed E-state index contributed by atoms with van der Waals surface area (Å²) >= 11 is 0. The monoisotopic (exact) mass is 355 g/mol. The molecule has 1 saturated heterocycles. The van der Waals surface area contributed by atoms with Gasteiger partial charge in [-0.15, -0.1) is 0 Å². The second-order valence-corrected chi connectivity index (χ2v) is 7.02. The van der Waals surface area contributed by atoms with Crippen LogP contribution in [0.1, 0.15) is 6.42 Å². The Bertz CT molecular complexity index is 764. The molecule has 1 aliphatic rings. The SMILES string of the molecule is CNS(=O)(=O)/C=C/CNC(=O)C1CC(=O)N(c2cccc(F)c2)C1. The van der Waals surface area contributed by atoms with Crippen molar-refractivity contribution in [3.63, 3.8) is 0 Å². The highest BCUT2D eigenvalue weighted by molar-refractivity contribution is 7.92. The number of carbonyl (C=O) groups excluding carboxylic acids is 2. The lowest BCUT2D eigenvalue weighted by molar-refractivity contribution is -0.126. The van der Waals surface area contributed by atoms with E-state index in [1.54, 1.807) is 6.07 Å². The van der Waals surface area contributed by atoms with E-state index >= 15 is 0 Å². The van der Waals surface area contributed by atoms with Crippen LogP contribution in [0.2, 0.25) is 0 Å². The van der Waals surface area contributed by atoms with Gasteiger partial charge >= 0.3 is 0 Å². The van der Waals surface area contributed by atoms with E-state index in [0.717, 1.165) is 5.41 Å². The van der Waals surface area contributed by atoms with Gasteiger partial charge < -0.3 is 10.2 Å². The van der Waals surface area contributed by atoms with E-state index in [1.165, 1.54) is 36.2 Å². The van der Waals surface area contributed by atoms with Gasteiger partial charge in [0.2, 0.25) is 21.8 Å². The highest BCUT2D eigenvalue weighted by atomic mass is 32.2. The molecule has 9 heteroatoms. The fourth-order valence-corrected chi connectivity index (χ4v) is 2.81. The van der Waals surface area contributed by atoms with E-state index < -0.39 is 21.8 Å². The zero-order valence-electron chi connectivity index (χ0n) is 13.0. The van der Waals surface area contributed by atoms with Crippen LogP contribution in [0.5, 0.6) is 0 Å². The van der Waals surface area contributed by atoms with Gasteiger partial charge in [0, 0.05) is 30.6 Å². The van der Waals surface area contributed by atoms with Gasteiger partial charge in [-0.3, -0.25) is 9.59 Å². The summed E-state index contributed by atoms with van der Waals surface area (Å²) in [5.41, 5.74) is 0.412. The fraction of sp³-hybridized carbons (Fsp3) is 0.333. The number of sulfonamides is 1. The van der Waals surface area contributed by atoms with Gasteiger partial charge in [-0.05, 0) is 25.2 Å². The van der Waals surface area contributed by atoms with Crippen LogP contribution in [-0.2, 0) is 19.6 Å². The van der Waals surface area contributed by atoms with E-state index in [1.807, 2.05) is 0 Å². The average Bonchev–Trinajstić information content (AvgIpc) is 2.93. The summed E-state index contributed by atoms with van der Waals surface area (Å²) in [7, 11) is -2.19. The zero-order valence-corrected chi connectivity index (χ0v) is 13.8. The Kier molecular flexibility index (Phi) is 5.68. The maximum Gasteiger partial charge on any atom is 0.233 e. The molecule has 24 heavy (non-hydrogen) atoms. The first-order valence-corrected chi connectivity index (χ1v) is 8.81. The predicted octanol–water partition coefficient (Wildman–Crippen LogP) is 0.358. The number of halogens is 1. The average molecular weight is 355 g/mol. The number of benzene rings is 1. The Morgan fingerprint density at radius 2 is 2.21 bits per heavy atom. The highest BCUT2D eigenvalue weighted by Gasteiger charge is 2.34. The Morgan fingerprint density at radius 1 is 1.46 bits per heavy atom. The Balaban J connectivity index is 1.92. The van der Waals surface area contributed by atoms with Crippen molar-refractivity contribution in [1.29, 1.82) is 0 Å². The zero-order chi connectivity index (χ0) is 17.7. The minimum Gasteiger partial charge on any atom is -0.352 e. The molecular weight excluding hydrogens is 337 g/mol. The van der Waals surface area contributed by atoms with E-state index in [9.17, 15) is 22.4 Å². The molecule has 1 fully saturated rings. The van der Waals surface area contributed by atoms with Gasteiger partial charge in [-0.25, -0.2) is 17.5 Å². The van der Waals surface area contributed by atoms with Gasteiger partial charge in [-0.2, -0.15) is 0 Å². The van der Waals surface area contributed by atoms with Crippen molar-refractivity contribution >= 4 is 27.5 Å². The Hall–Kier alpha value is -2.26. The molecule has 2 amide bonds. The van der Waals surface area contributed by atoms with Gasteiger partial charge in [0.15, 0.2) is 0 Å². The van der Waals surface area contributed by atoms with Crippen LogP contribution in [-0.4, -0.2) is 40.4 Å². The first kappa shape index (κ1) is 18.1. The summed E-state index contributed by atoms with van der Waals surface area (Å²) < 4.78 is 37.7. The molecule has 1 atom stereocenters. The van der Waals surface area contributed by atoms with Crippen LogP contribution in [0, 0.1) is 11.7 Å². The minimum absolute atomic E-state index is 0.0286. The third-order valence-corrected chi connectivity index (χ3v) is 4.69. The quantitative estimate of drug-likeness (QED) is 0.770. The first-order valence-electron chi connectivity index (χ1n) is 7.26. The van der Waals surface area contributed by atoms with Crippen LogP contribution in [0.15, 0.2) is 35.7 Å². The van der Waals surface area contributed by atoms with Crippen molar-refractivity contribution in [1.82, 2.24) is 10.0 Å². The third-order valence-electron chi connectivity index (χ3n) is 3.57. The molecule has 2 N–H and O–H groups in total. The molecule has 7 nitrogen and oxygen atoms in total. The molecule has 1 aliphatic heterocycles. The van der Waals surface area contributed by atoms with Crippen LogP contribution in [0.3, 0.4) is 0 Å². The van der Waals surface area contributed by atoms with E-state index in [-0.39, 0.29) is 31.3 Å². The van der Waals surface area contributed by atoms with Gasteiger partial charge in [0.1, 0.15) is 5.82 Å². The highest BCUT2D eigenvalue weighted by Crippen LogP contribution is 2.25. The lowest BCUT2D eigenvalue weighted by Gasteiger charge is -2.16. The largest absolute Gasteiger partial charge is 0.352 e. The van der Waals surface area contributed by atoms with Crippen molar-refractivity contribution in [2.75, 3.05) is 25.0 Å². The van der Waals surface area contributed by atoms with Crippen molar-refractivity contribution in [3.05, 3.63) is 41.6 Å². The molecule has 1 aromatic carbocycles. The second-order valence-electron chi connectivity index (χ2n) is 5.25. The van der Waals surface area contributed by atoms with Crippen molar-refractivity contribution in [3.8, 4) is 0 Å². The summed E-state index contributed by atoms with van der Waals surface area (Å²) in [5.74, 6) is -1.62. The maximum absolute atomic E-state index is 13.3. The molecule has 0 bridgehead atoms. The summed E-state index contributed by atoms with van der Waals surface area (Å²) in [4.78, 5) is 25.5. The predicted molar refractivity (Wildman–Crippen MR) is 87.0 cm³/mol. The van der Waals surface area contributed by atoms with Gasteiger partial charge in [-0.1, -0.05) is 12.1 Å². The third kappa shape index (κ3) is 4.62. The van der Waals surface area contributed by atoms with Crippen LogP contribution < -0.4 is 14.9 Å². The second kappa shape index (κ2) is 7.54. The van der Waals surface area contributed by atoms with Crippen LogP contribution >= 0.6 is 0 Å². The van der Waals surface area contributed by atoms with Crippen molar-refractivity contribution in [2.45, 2.75) is 6.42 Å². The molecule has 0 saturated carbocycles. The van der Waals surface area contributed by atoms with Gasteiger partial charge in [0.05, 0.1) is 5.92 Å². The number of anilines is 1. The number of hydrogen-bond donors (Lipinski definition) is 2. The number of amides is 2. The molecular formula is C15H18FN3O4S. The molecule has 1 unspecified atom stereocenters. The van der Waals surface area contributed by atoms with Gasteiger partial charge in [0.25, 0.3) is 0 Å². The molecule has 1 heterocycles. The molecule has 130 valence electrons. The van der Waals surface area contributed by atoms with Crippen LogP contribution in [0.25, 0.3) is 0 Å². The lowest BCUT2D eigenvalue weighted by atomic mass is 10.1. The maximum atomic E-state index is 13.3. The van der Waals surface area contributed by atoms with E-state index in [0.29, 0.717) is 5.69 Å². The molecule has 0 spiro atoms. The summed E-state index contributed by atoms with van der Waals surface area (Å²) in [5, 5.41) is 3.50. The number of nitrogens with one attached hydrogen (secondary N) is 2. The Labute approximate surface area is 139 Å². The number of carbonyl (C=O) groups is 2. The minimum atomic E-state index is -3.47. The fourth-order valence-electron chi connectivity index (χ4n) is 2.32. The molecule has 0 radical (unpaired) electrons. The number of rotatable bonds is 6. The molecule has 2 rings (SSSR count). The Morgan fingerprint density at radius 3 is 2.88 bits per heavy atom. The molecule has 0 aromatic heterocycles. The van der Waals surface area contributed by atoms with E-state index in [2.05, 4.69) is 10.0 Å². The first-order chi connectivity index (χ1) is 11.3. The van der Waals surface area contributed by atoms with Crippen LogP contribution in [0.4, 0.5) is 10.1 Å². The smallest absolute Gasteiger partial charge is 0.233 e.